The standard InChI is InChI=1S/C16H27NO2S/c1-2-3-4-5-6-7-8-12-15-17(20(18)19)16-13-10-9-11-14-16/h9-11,13-14H,2-8,12,15H2,1H3,(H,18,19). The lowest BCUT2D eigenvalue weighted by Gasteiger charge is -2.19. The van der Waals surface area contributed by atoms with Gasteiger partial charge in [-0.2, -0.15) is 0 Å². The third kappa shape index (κ3) is 7.06. The fourth-order valence-corrected chi connectivity index (χ4v) is 2.87. The van der Waals surface area contributed by atoms with Crippen molar-refractivity contribution in [2.24, 2.45) is 0 Å². The van der Waals surface area contributed by atoms with E-state index in [0.29, 0.717) is 6.54 Å². The van der Waals surface area contributed by atoms with Gasteiger partial charge in [0.05, 0.1) is 5.69 Å². The highest BCUT2D eigenvalue weighted by atomic mass is 32.2. The first-order valence-corrected chi connectivity index (χ1v) is 8.75. The number of rotatable bonds is 11. The molecule has 0 spiro atoms. The molecule has 0 bridgehead atoms. The van der Waals surface area contributed by atoms with Crippen molar-refractivity contribution >= 4 is 17.0 Å². The van der Waals surface area contributed by atoms with E-state index in [1.807, 2.05) is 30.3 Å². The van der Waals surface area contributed by atoms with E-state index in [2.05, 4.69) is 6.92 Å². The molecule has 3 nitrogen and oxygen atoms in total. The monoisotopic (exact) mass is 297 g/mol. The maximum Gasteiger partial charge on any atom is 0.261 e. The molecule has 0 aliphatic heterocycles. The van der Waals surface area contributed by atoms with E-state index >= 15 is 0 Å². The van der Waals surface area contributed by atoms with Gasteiger partial charge in [-0.25, -0.2) is 4.21 Å². The molecule has 1 atom stereocenters. The van der Waals surface area contributed by atoms with Crippen LogP contribution in [0, 0.1) is 0 Å². The van der Waals surface area contributed by atoms with Crippen molar-refractivity contribution in [1.82, 2.24) is 0 Å². The summed E-state index contributed by atoms with van der Waals surface area (Å²) in [6.45, 7) is 2.87. The van der Waals surface area contributed by atoms with Gasteiger partial charge in [0.1, 0.15) is 0 Å². The van der Waals surface area contributed by atoms with Crippen molar-refractivity contribution < 1.29 is 8.76 Å². The number of nitrogens with zero attached hydrogens (tertiary/aromatic N) is 1. The van der Waals surface area contributed by atoms with Gasteiger partial charge in [-0.15, -0.1) is 0 Å². The zero-order valence-corrected chi connectivity index (χ0v) is 13.3. The summed E-state index contributed by atoms with van der Waals surface area (Å²) in [4.78, 5) is 0. The quantitative estimate of drug-likeness (QED) is 0.472. The van der Waals surface area contributed by atoms with Crippen LogP contribution >= 0.6 is 0 Å². The first-order valence-electron chi connectivity index (χ1n) is 7.69. The van der Waals surface area contributed by atoms with Crippen LogP contribution in [0.5, 0.6) is 0 Å². The molecule has 0 radical (unpaired) electrons. The first kappa shape index (κ1) is 17.2. The van der Waals surface area contributed by atoms with E-state index < -0.39 is 11.3 Å². The molecule has 0 aliphatic rings. The highest BCUT2D eigenvalue weighted by molar-refractivity contribution is 7.80. The largest absolute Gasteiger partial charge is 0.289 e. The highest BCUT2D eigenvalue weighted by Crippen LogP contribution is 2.16. The Bertz CT molecular complexity index is 370. The van der Waals surface area contributed by atoms with E-state index in [1.54, 1.807) is 4.31 Å². The number of unbranched alkanes of at least 4 members (excludes halogenated alkanes) is 7. The fourth-order valence-electron chi connectivity index (χ4n) is 2.28. The average molecular weight is 297 g/mol. The Hall–Kier alpha value is -0.870. The number of para-hydroxylation sites is 1. The molecule has 20 heavy (non-hydrogen) atoms. The van der Waals surface area contributed by atoms with Crippen LogP contribution in [0.25, 0.3) is 0 Å². The Kier molecular flexibility index (Phi) is 9.33. The average Bonchev–Trinajstić information content (AvgIpc) is 2.46. The first-order chi connectivity index (χ1) is 9.75. The van der Waals surface area contributed by atoms with Crippen LogP contribution in [0.2, 0.25) is 0 Å². The summed E-state index contributed by atoms with van der Waals surface area (Å²) < 4.78 is 22.3. The van der Waals surface area contributed by atoms with Gasteiger partial charge in [0, 0.05) is 6.54 Å². The summed E-state index contributed by atoms with van der Waals surface area (Å²) >= 11 is -1.93. The maximum absolute atomic E-state index is 11.4. The van der Waals surface area contributed by atoms with E-state index in [4.69, 9.17) is 0 Å². The molecule has 0 saturated carbocycles. The van der Waals surface area contributed by atoms with Crippen LogP contribution in [-0.4, -0.2) is 15.3 Å². The molecule has 0 aromatic heterocycles. The Labute approximate surface area is 125 Å². The Morgan fingerprint density at radius 2 is 1.50 bits per heavy atom. The third-order valence-electron chi connectivity index (χ3n) is 3.45. The molecule has 1 aromatic rings. The second-order valence-electron chi connectivity index (χ2n) is 5.14. The van der Waals surface area contributed by atoms with Crippen molar-refractivity contribution in [2.45, 2.75) is 58.3 Å². The zero-order valence-electron chi connectivity index (χ0n) is 12.5. The topological polar surface area (TPSA) is 40.5 Å². The summed E-state index contributed by atoms with van der Waals surface area (Å²) in [5.41, 5.74) is 0.816. The molecule has 0 heterocycles. The van der Waals surface area contributed by atoms with E-state index in [9.17, 15) is 8.76 Å². The molecule has 1 aromatic carbocycles. The molecule has 1 N–H and O–H groups in total. The smallest absolute Gasteiger partial charge is 0.261 e. The number of hydrogen-bond donors (Lipinski definition) is 1. The van der Waals surface area contributed by atoms with Gasteiger partial charge in [0.15, 0.2) is 0 Å². The molecule has 114 valence electrons. The van der Waals surface area contributed by atoms with Crippen LogP contribution in [0.4, 0.5) is 5.69 Å². The van der Waals surface area contributed by atoms with Crippen LogP contribution in [0.3, 0.4) is 0 Å². The second kappa shape index (κ2) is 10.9. The predicted octanol–water partition coefficient (Wildman–Crippen LogP) is 4.77. The minimum atomic E-state index is -1.93. The molecule has 1 rings (SSSR count). The van der Waals surface area contributed by atoms with Gasteiger partial charge in [0.25, 0.3) is 11.3 Å². The van der Waals surface area contributed by atoms with Crippen molar-refractivity contribution in [1.29, 1.82) is 0 Å². The molecule has 1 unspecified atom stereocenters. The summed E-state index contributed by atoms with van der Waals surface area (Å²) in [5.74, 6) is 0. The minimum absolute atomic E-state index is 0.641. The van der Waals surface area contributed by atoms with Crippen LogP contribution in [0.1, 0.15) is 58.3 Å². The molecular weight excluding hydrogens is 270 g/mol. The lowest BCUT2D eigenvalue weighted by Crippen LogP contribution is -2.26. The van der Waals surface area contributed by atoms with Gasteiger partial charge >= 0.3 is 0 Å². The molecule has 0 fully saturated rings. The third-order valence-corrected chi connectivity index (χ3v) is 4.22. The molecule has 0 aliphatic carbocycles. The number of benzene rings is 1. The van der Waals surface area contributed by atoms with Crippen LogP contribution in [-0.2, 0) is 11.3 Å². The van der Waals surface area contributed by atoms with Gasteiger partial charge in [-0.3, -0.25) is 8.86 Å². The summed E-state index contributed by atoms with van der Waals surface area (Å²) in [6, 6.07) is 9.45. The van der Waals surface area contributed by atoms with Gasteiger partial charge in [-0.05, 0) is 18.6 Å². The van der Waals surface area contributed by atoms with Crippen molar-refractivity contribution in [3.8, 4) is 0 Å². The SMILES string of the molecule is CCCCCCCCCCN(c1ccccc1)S(=O)O. The molecule has 0 saturated heterocycles. The lowest BCUT2D eigenvalue weighted by molar-refractivity contribution is 0.550. The van der Waals surface area contributed by atoms with Gasteiger partial charge < -0.3 is 0 Å². The highest BCUT2D eigenvalue weighted by Gasteiger charge is 2.10. The number of hydrogen-bond acceptors (Lipinski definition) is 1. The van der Waals surface area contributed by atoms with E-state index in [-0.39, 0.29) is 0 Å². The molecule has 0 amide bonds. The summed E-state index contributed by atoms with van der Waals surface area (Å²) in [7, 11) is 0. The maximum atomic E-state index is 11.4. The van der Waals surface area contributed by atoms with Crippen molar-refractivity contribution in [3.63, 3.8) is 0 Å². The minimum Gasteiger partial charge on any atom is -0.289 e. The van der Waals surface area contributed by atoms with E-state index in [1.165, 1.54) is 38.5 Å². The normalized spacial score (nSPS) is 12.3. The van der Waals surface area contributed by atoms with Crippen LogP contribution in [0.15, 0.2) is 30.3 Å². The summed E-state index contributed by atoms with van der Waals surface area (Å²) in [6.07, 6.45) is 9.90. The van der Waals surface area contributed by atoms with E-state index in [0.717, 1.165) is 18.5 Å². The zero-order chi connectivity index (χ0) is 14.6. The number of anilines is 1. The van der Waals surface area contributed by atoms with Crippen molar-refractivity contribution in [2.75, 3.05) is 10.8 Å². The van der Waals surface area contributed by atoms with Gasteiger partial charge in [0.2, 0.25) is 0 Å². The Morgan fingerprint density at radius 3 is 2.05 bits per heavy atom. The fraction of sp³-hybridized carbons (Fsp3) is 0.625. The molecular formula is C16H27NO2S. The van der Waals surface area contributed by atoms with Crippen LogP contribution < -0.4 is 4.31 Å². The van der Waals surface area contributed by atoms with Gasteiger partial charge in [-0.1, -0.05) is 70.1 Å². The van der Waals surface area contributed by atoms with Crippen molar-refractivity contribution in [3.05, 3.63) is 30.3 Å². The molecule has 4 heteroatoms. The summed E-state index contributed by atoms with van der Waals surface area (Å²) in [5, 5.41) is 0. The predicted molar refractivity (Wildman–Crippen MR) is 87.2 cm³/mol. The Balaban J connectivity index is 2.19. The Morgan fingerprint density at radius 1 is 0.950 bits per heavy atom. The lowest BCUT2D eigenvalue weighted by atomic mass is 10.1. The second-order valence-corrected chi connectivity index (χ2v) is 6.05.